The van der Waals surface area contributed by atoms with E-state index < -0.39 is 0 Å². The van der Waals surface area contributed by atoms with Gasteiger partial charge in [-0.3, -0.25) is 0 Å². The molecule has 2 rings (SSSR count). The van der Waals surface area contributed by atoms with Crippen molar-refractivity contribution in [3.63, 3.8) is 0 Å². The molecule has 0 bridgehead atoms. The summed E-state index contributed by atoms with van der Waals surface area (Å²) in [4.78, 5) is 0. The van der Waals surface area contributed by atoms with E-state index in [0.717, 1.165) is 30.3 Å². The zero-order chi connectivity index (χ0) is 13.0. The fourth-order valence-electron chi connectivity index (χ4n) is 2.26. The Hall–Kier alpha value is -0.840. The lowest BCUT2D eigenvalue weighted by Gasteiger charge is -2.03. The first kappa shape index (κ1) is 13.6. The number of nitrogens with two attached hydrogens (primary N) is 1. The number of hydrogen-bond acceptors (Lipinski definition) is 2. The number of nitrogens with zero attached hydrogens (tertiary/aromatic N) is 1. The van der Waals surface area contributed by atoms with Gasteiger partial charge in [0.15, 0.2) is 0 Å². The second-order valence-electron chi connectivity index (χ2n) is 4.48. The van der Waals surface area contributed by atoms with E-state index in [-0.39, 0.29) is 6.61 Å². The Morgan fingerprint density at radius 2 is 2.11 bits per heavy atom. The molecule has 3 N–H and O–H groups in total. The molecule has 0 atom stereocenters. The zero-order valence-corrected chi connectivity index (χ0v) is 12.0. The van der Waals surface area contributed by atoms with Gasteiger partial charge in [-0.15, -0.1) is 0 Å². The molecule has 1 aromatic heterocycles. The third-order valence-electron chi connectivity index (χ3n) is 3.13. The van der Waals surface area contributed by atoms with Crippen molar-refractivity contribution in [2.75, 3.05) is 13.2 Å². The van der Waals surface area contributed by atoms with Crippen LogP contribution in [-0.2, 0) is 13.0 Å². The van der Waals surface area contributed by atoms with Crippen molar-refractivity contribution in [1.82, 2.24) is 4.57 Å². The Morgan fingerprint density at radius 3 is 2.83 bits per heavy atom. The van der Waals surface area contributed by atoms with Crippen LogP contribution in [0.15, 0.2) is 28.9 Å². The Balaban J connectivity index is 2.39. The van der Waals surface area contributed by atoms with Crippen molar-refractivity contribution in [1.29, 1.82) is 0 Å². The number of fused-ring (bicyclic) bond motifs is 1. The van der Waals surface area contributed by atoms with E-state index in [9.17, 15) is 0 Å². The number of benzene rings is 1. The lowest BCUT2D eigenvalue weighted by atomic mass is 10.1. The molecule has 0 saturated carbocycles. The predicted molar refractivity (Wildman–Crippen MR) is 78.7 cm³/mol. The van der Waals surface area contributed by atoms with Gasteiger partial charge >= 0.3 is 0 Å². The highest BCUT2D eigenvalue weighted by atomic mass is 79.9. The van der Waals surface area contributed by atoms with Crippen molar-refractivity contribution < 1.29 is 5.11 Å². The quantitative estimate of drug-likeness (QED) is 0.862. The van der Waals surface area contributed by atoms with Gasteiger partial charge in [0.25, 0.3) is 0 Å². The maximum Gasteiger partial charge on any atom is 0.0483 e. The van der Waals surface area contributed by atoms with Crippen molar-refractivity contribution in [3.8, 4) is 0 Å². The van der Waals surface area contributed by atoms with E-state index in [1.54, 1.807) is 0 Å². The van der Waals surface area contributed by atoms with Gasteiger partial charge in [0.2, 0.25) is 0 Å². The van der Waals surface area contributed by atoms with Crippen LogP contribution in [0, 0.1) is 0 Å². The summed E-state index contributed by atoms with van der Waals surface area (Å²) < 4.78 is 3.36. The number of aryl methyl sites for hydroxylation is 2. The summed E-state index contributed by atoms with van der Waals surface area (Å²) in [5.74, 6) is 0. The Labute approximate surface area is 116 Å². The summed E-state index contributed by atoms with van der Waals surface area (Å²) in [6, 6.07) is 6.36. The second kappa shape index (κ2) is 6.36. The monoisotopic (exact) mass is 310 g/mol. The number of aliphatic hydroxyl groups is 1. The molecule has 0 fully saturated rings. The van der Waals surface area contributed by atoms with Gasteiger partial charge in [-0.1, -0.05) is 15.9 Å². The lowest BCUT2D eigenvalue weighted by molar-refractivity contribution is 0.288. The topological polar surface area (TPSA) is 51.2 Å². The molecule has 2 aromatic rings. The maximum absolute atomic E-state index is 8.97. The van der Waals surface area contributed by atoms with Crippen molar-refractivity contribution in [2.45, 2.75) is 25.8 Å². The largest absolute Gasteiger partial charge is 0.396 e. The fourth-order valence-corrected chi connectivity index (χ4v) is 2.62. The van der Waals surface area contributed by atoms with Crippen molar-refractivity contribution in [3.05, 3.63) is 34.4 Å². The average Bonchev–Trinajstić information content (AvgIpc) is 2.71. The first-order chi connectivity index (χ1) is 8.76. The van der Waals surface area contributed by atoms with Crippen LogP contribution in [0.1, 0.15) is 18.4 Å². The van der Waals surface area contributed by atoms with Crippen LogP contribution in [0.4, 0.5) is 0 Å². The van der Waals surface area contributed by atoms with Gasteiger partial charge in [0.05, 0.1) is 0 Å². The fraction of sp³-hybridized carbons (Fsp3) is 0.429. The van der Waals surface area contributed by atoms with Gasteiger partial charge in [-0.2, -0.15) is 0 Å². The minimum atomic E-state index is 0.240. The molecule has 4 heteroatoms. The van der Waals surface area contributed by atoms with Crippen LogP contribution >= 0.6 is 15.9 Å². The molecule has 0 amide bonds. The molecule has 18 heavy (non-hydrogen) atoms. The molecule has 0 radical (unpaired) electrons. The minimum absolute atomic E-state index is 0.240. The van der Waals surface area contributed by atoms with E-state index in [2.05, 4.69) is 44.9 Å². The molecule has 1 aromatic carbocycles. The first-order valence-corrected chi connectivity index (χ1v) is 7.13. The number of hydrogen-bond donors (Lipinski definition) is 2. The summed E-state index contributed by atoms with van der Waals surface area (Å²) in [7, 11) is 0. The highest BCUT2D eigenvalue weighted by Gasteiger charge is 2.08. The van der Waals surface area contributed by atoms with Crippen LogP contribution < -0.4 is 5.73 Å². The molecule has 1 heterocycles. The predicted octanol–water partition coefficient (Wildman–Crippen LogP) is 2.68. The summed E-state index contributed by atoms with van der Waals surface area (Å²) in [5.41, 5.74) is 8.13. The Morgan fingerprint density at radius 1 is 1.28 bits per heavy atom. The maximum atomic E-state index is 8.97. The summed E-state index contributed by atoms with van der Waals surface area (Å²) in [6.07, 6.45) is 4.91. The van der Waals surface area contributed by atoms with Crippen LogP contribution in [-0.4, -0.2) is 22.8 Å². The molecular weight excluding hydrogens is 292 g/mol. The third-order valence-corrected chi connectivity index (χ3v) is 3.63. The van der Waals surface area contributed by atoms with E-state index >= 15 is 0 Å². The molecule has 3 nitrogen and oxygen atoms in total. The molecule has 0 spiro atoms. The summed E-state index contributed by atoms with van der Waals surface area (Å²) in [6.45, 7) is 1.90. The Kier molecular flexibility index (Phi) is 4.80. The molecule has 0 unspecified atom stereocenters. The van der Waals surface area contributed by atoms with Gasteiger partial charge in [-0.25, -0.2) is 0 Å². The van der Waals surface area contributed by atoms with Crippen molar-refractivity contribution in [2.24, 2.45) is 5.73 Å². The van der Waals surface area contributed by atoms with Crippen LogP contribution in [0.2, 0.25) is 0 Å². The van der Waals surface area contributed by atoms with Crippen LogP contribution in [0.5, 0.6) is 0 Å². The molecular formula is C14H19BrN2O. The SMILES string of the molecule is NCCCn1cc(CCCO)c2cc(Br)ccc21. The highest BCUT2D eigenvalue weighted by Crippen LogP contribution is 2.26. The van der Waals surface area contributed by atoms with Crippen molar-refractivity contribution >= 4 is 26.8 Å². The lowest BCUT2D eigenvalue weighted by Crippen LogP contribution is -2.04. The number of halogens is 1. The van der Waals surface area contributed by atoms with Crippen LogP contribution in [0.3, 0.4) is 0 Å². The molecule has 0 saturated heterocycles. The van der Waals surface area contributed by atoms with Gasteiger partial charge in [0.1, 0.15) is 0 Å². The highest BCUT2D eigenvalue weighted by molar-refractivity contribution is 9.10. The van der Waals surface area contributed by atoms with Gasteiger partial charge < -0.3 is 15.4 Å². The molecule has 0 aliphatic heterocycles. The van der Waals surface area contributed by atoms with E-state index in [1.807, 2.05) is 0 Å². The van der Waals surface area contributed by atoms with E-state index in [0.29, 0.717) is 6.54 Å². The zero-order valence-electron chi connectivity index (χ0n) is 10.4. The Bertz CT molecular complexity index is 522. The third kappa shape index (κ3) is 2.94. The standard InChI is InChI=1S/C14H19BrN2O/c15-12-4-5-14-13(9-12)11(3-1-8-18)10-17(14)7-2-6-16/h4-5,9-10,18H,1-3,6-8,16H2. The minimum Gasteiger partial charge on any atom is -0.396 e. The van der Waals surface area contributed by atoms with Gasteiger partial charge in [-0.05, 0) is 49.6 Å². The molecule has 0 aliphatic rings. The normalized spacial score (nSPS) is 11.3. The molecule has 0 aliphatic carbocycles. The first-order valence-electron chi connectivity index (χ1n) is 6.34. The number of rotatable bonds is 6. The summed E-state index contributed by atoms with van der Waals surface area (Å²) >= 11 is 3.52. The second-order valence-corrected chi connectivity index (χ2v) is 5.39. The van der Waals surface area contributed by atoms with E-state index in [1.165, 1.54) is 16.5 Å². The van der Waals surface area contributed by atoms with Gasteiger partial charge in [0, 0.05) is 34.7 Å². The number of aliphatic hydroxyl groups excluding tert-OH is 1. The van der Waals surface area contributed by atoms with Crippen LogP contribution in [0.25, 0.3) is 10.9 Å². The smallest absolute Gasteiger partial charge is 0.0483 e. The number of aromatic nitrogens is 1. The molecule has 98 valence electrons. The average molecular weight is 311 g/mol. The summed E-state index contributed by atoms with van der Waals surface area (Å²) in [5, 5.41) is 10.2. The van der Waals surface area contributed by atoms with E-state index in [4.69, 9.17) is 10.8 Å².